The fraction of sp³-hybridized carbons (Fsp3) is 0.167. The quantitative estimate of drug-likeness (QED) is 0.481. The molecule has 1 N–H and O–H groups in total. The van der Waals surface area contributed by atoms with Crippen molar-refractivity contribution in [2.45, 2.75) is 26.8 Å². The molecule has 0 saturated carbocycles. The van der Waals surface area contributed by atoms with E-state index < -0.39 is 0 Å². The zero-order chi connectivity index (χ0) is 20.4. The third-order valence-electron chi connectivity index (χ3n) is 5.07. The number of aryl methyl sites for hydroxylation is 2. The maximum atomic E-state index is 12.9. The average molecular weight is 404 g/mol. The highest BCUT2D eigenvalue weighted by atomic mass is 35.5. The number of nitrogens with one attached hydrogen (secondary N) is 1. The summed E-state index contributed by atoms with van der Waals surface area (Å²) in [5.74, 6) is -0.153. The third-order valence-corrected chi connectivity index (χ3v) is 5.29. The Morgan fingerprint density at radius 3 is 2.55 bits per heavy atom. The maximum Gasteiger partial charge on any atom is 0.270 e. The van der Waals surface area contributed by atoms with E-state index in [1.807, 2.05) is 37.3 Å². The van der Waals surface area contributed by atoms with Crippen LogP contribution in [0, 0.1) is 6.92 Å². The number of amides is 1. The van der Waals surface area contributed by atoms with Crippen LogP contribution in [0.4, 0.5) is 0 Å². The minimum absolute atomic E-state index is 0.153. The van der Waals surface area contributed by atoms with Crippen molar-refractivity contribution in [3.63, 3.8) is 0 Å². The predicted octanol–water partition coefficient (Wildman–Crippen LogP) is 5.46. The molecule has 0 radical (unpaired) electrons. The lowest BCUT2D eigenvalue weighted by atomic mass is 10.00. The first kappa shape index (κ1) is 19.2. The van der Waals surface area contributed by atoms with Crippen molar-refractivity contribution in [2.24, 2.45) is 0 Å². The van der Waals surface area contributed by atoms with Crippen molar-refractivity contribution in [3.8, 4) is 11.1 Å². The Labute approximate surface area is 175 Å². The Hall–Kier alpha value is -3.11. The third kappa shape index (κ3) is 3.89. The van der Waals surface area contributed by atoms with Gasteiger partial charge >= 0.3 is 0 Å². The largest absolute Gasteiger partial charge is 0.347 e. The Kier molecular flexibility index (Phi) is 5.36. The lowest BCUT2D eigenvalue weighted by molar-refractivity contribution is 0.0944. The molecular formula is C24H22ClN3O. The minimum atomic E-state index is -0.153. The van der Waals surface area contributed by atoms with E-state index in [-0.39, 0.29) is 5.91 Å². The van der Waals surface area contributed by atoms with Crippen molar-refractivity contribution in [1.29, 1.82) is 0 Å². The first-order valence-electron chi connectivity index (χ1n) is 9.66. The summed E-state index contributed by atoms with van der Waals surface area (Å²) in [6.07, 6.45) is 2.40. The van der Waals surface area contributed by atoms with Crippen LogP contribution in [0.25, 0.3) is 16.8 Å². The number of carbonyl (C=O) groups is 1. The van der Waals surface area contributed by atoms with Gasteiger partial charge in [-0.25, -0.2) is 4.98 Å². The van der Waals surface area contributed by atoms with Gasteiger partial charge in [-0.1, -0.05) is 67.1 Å². The predicted molar refractivity (Wildman–Crippen MR) is 117 cm³/mol. The van der Waals surface area contributed by atoms with Crippen LogP contribution in [-0.2, 0) is 13.0 Å². The molecule has 0 aliphatic heterocycles. The van der Waals surface area contributed by atoms with Crippen molar-refractivity contribution in [1.82, 2.24) is 14.7 Å². The highest BCUT2D eigenvalue weighted by Gasteiger charge is 2.18. The molecule has 2 aromatic carbocycles. The van der Waals surface area contributed by atoms with Gasteiger partial charge in [0.15, 0.2) is 0 Å². The monoisotopic (exact) mass is 403 g/mol. The smallest absolute Gasteiger partial charge is 0.270 e. The second-order valence-corrected chi connectivity index (χ2v) is 7.47. The molecule has 0 unspecified atom stereocenters. The molecule has 2 heterocycles. The summed E-state index contributed by atoms with van der Waals surface area (Å²) in [5, 5.41) is 3.58. The molecule has 4 aromatic rings. The van der Waals surface area contributed by atoms with Crippen LogP contribution in [0.1, 0.15) is 34.2 Å². The summed E-state index contributed by atoms with van der Waals surface area (Å²) in [4.78, 5) is 17.4. The van der Waals surface area contributed by atoms with Crippen LogP contribution in [0.15, 0.2) is 66.9 Å². The number of carbonyl (C=O) groups excluding carboxylic acids is 1. The molecule has 0 spiro atoms. The summed E-state index contributed by atoms with van der Waals surface area (Å²) in [6.45, 7) is 4.55. The van der Waals surface area contributed by atoms with Gasteiger partial charge in [-0.05, 0) is 47.7 Å². The molecule has 1 amide bonds. The first-order chi connectivity index (χ1) is 14.1. The minimum Gasteiger partial charge on any atom is -0.347 e. The zero-order valence-electron chi connectivity index (χ0n) is 16.4. The van der Waals surface area contributed by atoms with Crippen LogP contribution < -0.4 is 5.32 Å². The topological polar surface area (TPSA) is 46.4 Å². The van der Waals surface area contributed by atoms with E-state index in [1.165, 1.54) is 16.7 Å². The molecule has 0 atom stereocenters. The molecule has 29 heavy (non-hydrogen) atoms. The van der Waals surface area contributed by atoms with Crippen LogP contribution >= 0.6 is 11.6 Å². The fourth-order valence-corrected chi connectivity index (χ4v) is 3.68. The Bertz CT molecular complexity index is 1180. The standard InChI is InChI=1S/C24H22ClN3O/c1-3-21-23(28-15-19(25)12-13-22(28)27-21)24(29)26-14-17-8-10-18(11-9-17)20-7-5-4-6-16(20)2/h4-13,15H,3,14H2,1-2H3,(H,26,29). The van der Waals surface area contributed by atoms with Gasteiger partial charge in [0.25, 0.3) is 5.91 Å². The average Bonchev–Trinajstić information content (AvgIpc) is 3.10. The maximum absolute atomic E-state index is 12.9. The Balaban J connectivity index is 1.52. The van der Waals surface area contributed by atoms with E-state index in [4.69, 9.17) is 11.6 Å². The summed E-state index contributed by atoms with van der Waals surface area (Å²) in [7, 11) is 0. The van der Waals surface area contributed by atoms with E-state index >= 15 is 0 Å². The lowest BCUT2D eigenvalue weighted by Crippen LogP contribution is -2.25. The summed E-state index contributed by atoms with van der Waals surface area (Å²) in [6, 6.07) is 20.2. The second kappa shape index (κ2) is 8.10. The van der Waals surface area contributed by atoms with Crippen molar-refractivity contribution in [3.05, 3.63) is 94.4 Å². The van der Waals surface area contributed by atoms with Gasteiger partial charge in [0.2, 0.25) is 0 Å². The zero-order valence-corrected chi connectivity index (χ0v) is 17.2. The normalized spacial score (nSPS) is 11.0. The van der Waals surface area contributed by atoms with Gasteiger partial charge in [-0.2, -0.15) is 0 Å². The molecule has 0 bridgehead atoms. The number of halogens is 1. The fourth-order valence-electron chi connectivity index (χ4n) is 3.52. The second-order valence-electron chi connectivity index (χ2n) is 7.03. The number of aromatic nitrogens is 2. The SMILES string of the molecule is CCc1nc2ccc(Cl)cn2c1C(=O)NCc1ccc(-c2ccccc2C)cc1. The molecule has 5 heteroatoms. The van der Waals surface area contributed by atoms with E-state index in [1.54, 1.807) is 16.7 Å². The van der Waals surface area contributed by atoms with Crippen LogP contribution in [0.5, 0.6) is 0 Å². The number of fused-ring (bicyclic) bond motifs is 1. The van der Waals surface area contributed by atoms with Gasteiger partial charge in [-0.15, -0.1) is 0 Å². The number of benzene rings is 2. The number of hydrogen-bond acceptors (Lipinski definition) is 2. The van der Waals surface area contributed by atoms with Crippen LogP contribution in [0.2, 0.25) is 5.02 Å². The highest BCUT2D eigenvalue weighted by molar-refractivity contribution is 6.30. The molecule has 0 fully saturated rings. The number of imidazole rings is 1. The van der Waals surface area contributed by atoms with Crippen molar-refractivity contribution in [2.75, 3.05) is 0 Å². The van der Waals surface area contributed by atoms with Crippen molar-refractivity contribution >= 4 is 23.2 Å². The molecule has 0 aliphatic rings. The summed E-state index contributed by atoms with van der Waals surface area (Å²) >= 11 is 6.12. The van der Waals surface area contributed by atoms with Crippen LogP contribution in [0.3, 0.4) is 0 Å². The lowest BCUT2D eigenvalue weighted by Gasteiger charge is -2.09. The van der Waals surface area contributed by atoms with Gasteiger partial charge in [0, 0.05) is 12.7 Å². The molecule has 0 saturated heterocycles. The number of hydrogen-bond donors (Lipinski definition) is 1. The van der Waals surface area contributed by atoms with E-state index in [2.05, 4.69) is 41.5 Å². The number of nitrogens with zero attached hydrogens (tertiary/aromatic N) is 2. The summed E-state index contributed by atoms with van der Waals surface area (Å²) < 4.78 is 1.76. The van der Waals surface area contributed by atoms with Gasteiger partial charge in [0.05, 0.1) is 10.7 Å². The van der Waals surface area contributed by atoms with Gasteiger partial charge < -0.3 is 5.32 Å². The van der Waals surface area contributed by atoms with Gasteiger partial charge in [0.1, 0.15) is 11.3 Å². The molecular weight excluding hydrogens is 382 g/mol. The molecule has 4 nitrogen and oxygen atoms in total. The highest BCUT2D eigenvalue weighted by Crippen LogP contribution is 2.23. The number of pyridine rings is 1. The Morgan fingerprint density at radius 2 is 1.83 bits per heavy atom. The van der Waals surface area contributed by atoms with E-state index in [0.717, 1.165) is 16.9 Å². The van der Waals surface area contributed by atoms with Gasteiger partial charge in [-0.3, -0.25) is 9.20 Å². The molecule has 0 aliphatic carbocycles. The van der Waals surface area contributed by atoms with Crippen molar-refractivity contribution < 1.29 is 4.79 Å². The Morgan fingerprint density at radius 1 is 1.07 bits per heavy atom. The molecule has 146 valence electrons. The number of rotatable bonds is 5. The van der Waals surface area contributed by atoms with Crippen LogP contribution in [-0.4, -0.2) is 15.3 Å². The first-order valence-corrected chi connectivity index (χ1v) is 10.0. The van der Waals surface area contributed by atoms with E-state index in [0.29, 0.717) is 23.7 Å². The van der Waals surface area contributed by atoms with E-state index in [9.17, 15) is 4.79 Å². The molecule has 2 aromatic heterocycles. The molecule has 4 rings (SSSR count). The summed E-state index contributed by atoms with van der Waals surface area (Å²) in [5.41, 5.74) is 6.70.